The smallest absolute Gasteiger partial charge is 0.370 e. The molecule has 1 heterocycles. The molecule has 0 aliphatic carbocycles. The lowest BCUT2D eigenvalue weighted by atomic mass is 10.1. The van der Waals surface area contributed by atoms with Crippen molar-refractivity contribution in [3.8, 4) is 0 Å². The molecule has 1 fully saturated rings. The summed E-state index contributed by atoms with van der Waals surface area (Å²) in [5.41, 5.74) is 7.92. The molecule has 0 radical (unpaired) electrons. The Hall–Kier alpha value is -1.76. The molecule has 128 valence electrons. The Bertz CT molecular complexity index is 542. The van der Waals surface area contributed by atoms with Crippen LogP contribution in [0.3, 0.4) is 0 Å². The molecule has 1 aliphatic heterocycles. The predicted octanol–water partition coefficient (Wildman–Crippen LogP) is 2.86. The summed E-state index contributed by atoms with van der Waals surface area (Å²) < 4.78 is 37.1. The lowest BCUT2D eigenvalue weighted by molar-refractivity contribution is -0.143. The van der Waals surface area contributed by atoms with Crippen molar-refractivity contribution < 1.29 is 13.2 Å². The third kappa shape index (κ3) is 6.09. The van der Waals surface area contributed by atoms with Crippen LogP contribution < -0.4 is 11.1 Å². The molecule has 0 aromatic heterocycles. The number of hydrogen-bond donors (Lipinski definition) is 2. The van der Waals surface area contributed by atoms with Crippen LogP contribution in [0.1, 0.15) is 18.9 Å². The van der Waals surface area contributed by atoms with Gasteiger partial charge < -0.3 is 11.1 Å². The van der Waals surface area contributed by atoms with E-state index < -0.39 is 12.7 Å². The molecule has 1 atom stereocenters. The zero-order valence-corrected chi connectivity index (χ0v) is 13.2. The minimum absolute atomic E-state index is 0.125. The summed E-state index contributed by atoms with van der Waals surface area (Å²) >= 11 is 0. The van der Waals surface area contributed by atoms with Gasteiger partial charge in [0.25, 0.3) is 0 Å². The predicted molar refractivity (Wildman–Crippen MR) is 86.5 cm³/mol. The van der Waals surface area contributed by atoms with Gasteiger partial charge in [-0.2, -0.15) is 13.2 Å². The highest BCUT2D eigenvalue weighted by Crippen LogP contribution is 2.22. The zero-order valence-electron chi connectivity index (χ0n) is 13.2. The number of alkyl halides is 3. The zero-order chi connectivity index (χ0) is 16.9. The lowest BCUT2D eigenvalue weighted by Gasteiger charge is -2.17. The summed E-state index contributed by atoms with van der Waals surface area (Å²) in [6.07, 6.45) is -2.48. The van der Waals surface area contributed by atoms with Gasteiger partial charge in [0, 0.05) is 18.8 Å². The standard InChI is InChI=1S/C16H23F3N4/c1-2-12-4-3-5-14(8-12)22-15(20)21-9-13-6-7-23(10-13)11-16(17,18)19/h3-5,8,13H,2,6-7,9-11H2,1H3,(H3,20,21,22). The van der Waals surface area contributed by atoms with Crippen LogP contribution in [0.15, 0.2) is 29.3 Å². The molecule has 1 aromatic rings. The van der Waals surface area contributed by atoms with Crippen molar-refractivity contribution in [3.63, 3.8) is 0 Å². The Morgan fingerprint density at radius 1 is 1.43 bits per heavy atom. The first-order valence-electron chi connectivity index (χ1n) is 7.80. The molecule has 4 nitrogen and oxygen atoms in total. The molecule has 23 heavy (non-hydrogen) atoms. The van der Waals surface area contributed by atoms with E-state index in [0.717, 1.165) is 18.5 Å². The van der Waals surface area contributed by atoms with E-state index in [2.05, 4.69) is 17.2 Å². The van der Waals surface area contributed by atoms with E-state index in [0.29, 0.717) is 25.6 Å². The first-order valence-corrected chi connectivity index (χ1v) is 7.80. The first-order chi connectivity index (χ1) is 10.9. The van der Waals surface area contributed by atoms with Gasteiger partial charge in [-0.05, 0) is 43.0 Å². The molecular weight excluding hydrogens is 305 g/mol. The van der Waals surface area contributed by atoms with Gasteiger partial charge in [0.2, 0.25) is 0 Å². The second-order valence-corrected chi connectivity index (χ2v) is 5.91. The van der Waals surface area contributed by atoms with Gasteiger partial charge in [-0.3, -0.25) is 9.89 Å². The molecule has 0 bridgehead atoms. The Morgan fingerprint density at radius 3 is 2.91 bits per heavy atom. The summed E-state index contributed by atoms with van der Waals surface area (Å²) in [4.78, 5) is 5.69. The molecule has 2 rings (SSSR count). The van der Waals surface area contributed by atoms with Crippen LogP contribution in [0.25, 0.3) is 0 Å². The summed E-state index contributed by atoms with van der Waals surface area (Å²) in [7, 11) is 0. The highest BCUT2D eigenvalue weighted by atomic mass is 19.4. The summed E-state index contributed by atoms with van der Waals surface area (Å²) in [6, 6.07) is 7.89. The number of nitrogens with two attached hydrogens (primary N) is 1. The third-order valence-corrected chi connectivity index (χ3v) is 3.90. The fourth-order valence-corrected chi connectivity index (χ4v) is 2.74. The number of aliphatic imine (C=N–C) groups is 1. The molecule has 1 saturated heterocycles. The molecule has 0 spiro atoms. The highest BCUT2D eigenvalue weighted by molar-refractivity contribution is 5.92. The number of hydrogen-bond acceptors (Lipinski definition) is 2. The maximum Gasteiger partial charge on any atom is 0.401 e. The van der Waals surface area contributed by atoms with E-state index in [1.54, 1.807) is 0 Å². The van der Waals surface area contributed by atoms with Crippen molar-refractivity contribution in [3.05, 3.63) is 29.8 Å². The normalized spacial score (nSPS) is 20.0. The van der Waals surface area contributed by atoms with Crippen LogP contribution in [0.4, 0.5) is 18.9 Å². The van der Waals surface area contributed by atoms with Crippen LogP contribution >= 0.6 is 0 Å². The second-order valence-electron chi connectivity index (χ2n) is 5.91. The van der Waals surface area contributed by atoms with Gasteiger partial charge in [-0.1, -0.05) is 19.1 Å². The summed E-state index contributed by atoms with van der Waals surface area (Å²) in [5, 5.41) is 3.02. The maximum absolute atomic E-state index is 12.4. The van der Waals surface area contributed by atoms with E-state index in [1.807, 2.05) is 24.3 Å². The van der Waals surface area contributed by atoms with E-state index in [9.17, 15) is 13.2 Å². The van der Waals surface area contributed by atoms with Gasteiger partial charge in [0.1, 0.15) is 0 Å². The van der Waals surface area contributed by atoms with Crippen molar-refractivity contribution in [2.24, 2.45) is 16.6 Å². The lowest BCUT2D eigenvalue weighted by Crippen LogP contribution is -2.32. The molecule has 0 amide bonds. The number of benzene rings is 1. The van der Waals surface area contributed by atoms with Gasteiger partial charge >= 0.3 is 6.18 Å². The Morgan fingerprint density at radius 2 is 2.22 bits per heavy atom. The third-order valence-electron chi connectivity index (χ3n) is 3.90. The number of nitrogens with one attached hydrogen (secondary N) is 1. The number of aryl methyl sites for hydroxylation is 1. The topological polar surface area (TPSA) is 53.6 Å². The average molecular weight is 328 g/mol. The molecule has 1 aromatic carbocycles. The van der Waals surface area contributed by atoms with E-state index in [1.165, 1.54) is 10.5 Å². The largest absolute Gasteiger partial charge is 0.401 e. The van der Waals surface area contributed by atoms with Crippen LogP contribution in [-0.2, 0) is 6.42 Å². The van der Waals surface area contributed by atoms with Crippen LogP contribution in [0.2, 0.25) is 0 Å². The Kier molecular flexibility index (Phi) is 5.87. The van der Waals surface area contributed by atoms with Crippen molar-refractivity contribution in [2.45, 2.75) is 25.9 Å². The van der Waals surface area contributed by atoms with Crippen molar-refractivity contribution in [1.29, 1.82) is 0 Å². The SMILES string of the molecule is CCc1cccc(NC(N)=NCC2CCN(CC(F)(F)F)C2)c1. The van der Waals surface area contributed by atoms with Gasteiger partial charge in [0.05, 0.1) is 6.54 Å². The first kappa shape index (κ1) is 17.6. The number of nitrogens with zero attached hydrogens (tertiary/aromatic N) is 2. The fourth-order valence-electron chi connectivity index (χ4n) is 2.74. The van der Waals surface area contributed by atoms with Gasteiger partial charge in [0.15, 0.2) is 5.96 Å². The van der Waals surface area contributed by atoms with Crippen molar-refractivity contribution in [1.82, 2.24) is 4.90 Å². The van der Waals surface area contributed by atoms with Crippen molar-refractivity contribution in [2.75, 3.05) is 31.5 Å². The number of rotatable bonds is 5. The number of halogens is 3. The van der Waals surface area contributed by atoms with E-state index in [-0.39, 0.29) is 5.92 Å². The molecule has 7 heteroatoms. The summed E-state index contributed by atoms with van der Waals surface area (Å²) in [5.74, 6) is 0.423. The van der Waals surface area contributed by atoms with E-state index >= 15 is 0 Å². The molecule has 3 N–H and O–H groups in total. The van der Waals surface area contributed by atoms with E-state index in [4.69, 9.17) is 5.73 Å². The monoisotopic (exact) mass is 328 g/mol. The Balaban J connectivity index is 1.81. The van der Waals surface area contributed by atoms with Crippen molar-refractivity contribution >= 4 is 11.6 Å². The van der Waals surface area contributed by atoms with Gasteiger partial charge in [-0.25, -0.2) is 0 Å². The molecule has 1 unspecified atom stereocenters. The van der Waals surface area contributed by atoms with Crippen LogP contribution in [0.5, 0.6) is 0 Å². The number of anilines is 1. The quantitative estimate of drug-likeness (QED) is 0.645. The minimum atomic E-state index is -4.14. The average Bonchev–Trinajstić information content (AvgIpc) is 2.91. The van der Waals surface area contributed by atoms with Crippen LogP contribution in [0, 0.1) is 5.92 Å². The number of guanidine groups is 1. The number of likely N-dealkylation sites (tertiary alicyclic amines) is 1. The second kappa shape index (κ2) is 7.68. The molecular formula is C16H23F3N4. The summed E-state index contributed by atoms with van der Waals surface area (Å²) in [6.45, 7) is 2.56. The highest BCUT2D eigenvalue weighted by Gasteiger charge is 2.34. The maximum atomic E-state index is 12.4. The Labute approximate surface area is 134 Å². The van der Waals surface area contributed by atoms with Gasteiger partial charge in [-0.15, -0.1) is 0 Å². The fraction of sp³-hybridized carbons (Fsp3) is 0.562. The molecule has 1 aliphatic rings. The molecule has 0 saturated carbocycles. The van der Waals surface area contributed by atoms with Crippen LogP contribution in [-0.4, -0.2) is 43.2 Å². The minimum Gasteiger partial charge on any atom is -0.370 e.